The first-order valence-corrected chi connectivity index (χ1v) is 9.36. The number of benzene rings is 1. The van der Waals surface area contributed by atoms with E-state index in [1.165, 1.54) is 12.8 Å². The van der Waals surface area contributed by atoms with E-state index < -0.39 is 5.92 Å². The van der Waals surface area contributed by atoms with Crippen molar-refractivity contribution in [2.75, 3.05) is 0 Å². The normalized spacial score (nSPS) is 22.4. The maximum atomic E-state index is 11.9. The molecule has 1 saturated carbocycles. The minimum Gasteiger partial charge on any atom is -0.302 e. The zero-order chi connectivity index (χ0) is 17.8. The number of aldehydes is 1. The molecular formula is C19H16BrN5O. The first-order chi connectivity index (χ1) is 12.6. The van der Waals surface area contributed by atoms with Gasteiger partial charge in [0.1, 0.15) is 6.29 Å². The van der Waals surface area contributed by atoms with Crippen molar-refractivity contribution in [2.45, 2.75) is 12.8 Å². The number of carbonyl (C=O) groups is 1. The van der Waals surface area contributed by atoms with Crippen LogP contribution in [0.2, 0.25) is 0 Å². The maximum absolute atomic E-state index is 11.9. The minimum absolute atomic E-state index is 0.467. The quantitative estimate of drug-likeness (QED) is 0.730. The summed E-state index contributed by atoms with van der Waals surface area (Å²) in [5.74, 6) is 0.790. The lowest BCUT2D eigenvalue weighted by Crippen LogP contribution is -2.30. The number of hydrogen-bond donors (Lipinski definition) is 0. The van der Waals surface area contributed by atoms with E-state index in [-0.39, 0.29) is 0 Å². The smallest absolute Gasteiger partial charge is 0.164 e. The van der Waals surface area contributed by atoms with Crippen LogP contribution < -0.4 is 0 Å². The van der Waals surface area contributed by atoms with Gasteiger partial charge in [0.05, 0.1) is 21.6 Å². The predicted molar refractivity (Wildman–Crippen MR) is 104 cm³/mol. The van der Waals surface area contributed by atoms with Gasteiger partial charge in [-0.05, 0) is 36.6 Å². The first kappa shape index (κ1) is 15.7. The van der Waals surface area contributed by atoms with Crippen molar-refractivity contribution in [1.82, 2.24) is 14.8 Å². The molecule has 2 aromatic rings. The molecule has 0 N–H and O–H groups in total. The van der Waals surface area contributed by atoms with Gasteiger partial charge in [-0.1, -0.05) is 22.0 Å². The summed E-state index contributed by atoms with van der Waals surface area (Å²) in [7, 11) is 1.89. The van der Waals surface area contributed by atoms with Crippen LogP contribution in [-0.4, -0.2) is 32.5 Å². The Morgan fingerprint density at radius 2 is 2.15 bits per heavy atom. The van der Waals surface area contributed by atoms with E-state index >= 15 is 0 Å². The zero-order valence-electron chi connectivity index (χ0n) is 14.1. The van der Waals surface area contributed by atoms with Gasteiger partial charge in [0.2, 0.25) is 0 Å². The minimum atomic E-state index is -0.467. The number of aliphatic imine (C=N–C) groups is 1. The Morgan fingerprint density at radius 3 is 2.92 bits per heavy atom. The molecule has 2 aliphatic heterocycles. The van der Waals surface area contributed by atoms with E-state index in [4.69, 9.17) is 10.1 Å². The Labute approximate surface area is 158 Å². The number of fused-ring (bicyclic) bond motifs is 2. The van der Waals surface area contributed by atoms with Crippen LogP contribution in [0.5, 0.6) is 0 Å². The average molecular weight is 410 g/mol. The highest BCUT2D eigenvalue weighted by molar-refractivity contribution is 9.11. The molecule has 1 atom stereocenters. The Hall–Kier alpha value is -2.54. The van der Waals surface area contributed by atoms with E-state index in [9.17, 15) is 4.79 Å². The molecule has 130 valence electrons. The second-order valence-corrected chi connectivity index (χ2v) is 7.67. The number of allylic oxidation sites excluding steroid dienone is 2. The van der Waals surface area contributed by atoms with Crippen LogP contribution in [0.3, 0.4) is 0 Å². The monoisotopic (exact) mass is 409 g/mol. The molecule has 7 heteroatoms. The molecule has 3 heterocycles. The fourth-order valence-corrected chi connectivity index (χ4v) is 3.98. The number of nitrogens with zero attached hydrogens (tertiary/aromatic N) is 5. The number of hydrogen-bond acceptors (Lipinski definition) is 5. The highest BCUT2D eigenvalue weighted by Crippen LogP contribution is 2.38. The molecule has 1 fully saturated rings. The van der Waals surface area contributed by atoms with Crippen LogP contribution in [0.15, 0.2) is 57.1 Å². The molecule has 1 aromatic heterocycles. The van der Waals surface area contributed by atoms with E-state index in [0.29, 0.717) is 17.5 Å². The van der Waals surface area contributed by atoms with Gasteiger partial charge >= 0.3 is 0 Å². The fraction of sp³-hybridized carbons (Fsp3) is 0.263. The largest absolute Gasteiger partial charge is 0.302 e. The van der Waals surface area contributed by atoms with Crippen molar-refractivity contribution >= 4 is 44.5 Å². The summed E-state index contributed by atoms with van der Waals surface area (Å²) in [6.07, 6.45) is 9.21. The third kappa shape index (κ3) is 2.46. The Morgan fingerprint density at radius 1 is 1.31 bits per heavy atom. The topological polar surface area (TPSA) is 62.9 Å². The van der Waals surface area contributed by atoms with Crippen LogP contribution in [0.25, 0.3) is 10.9 Å². The van der Waals surface area contributed by atoms with Crippen molar-refractivity contribution in [3.8, 4) is 0 Å². The van der Waals surface area contributed by atoms with E-state index in [1.54, 1.807) is 9.69 Å². The number of carbonyl (C=O) groups excluding carboxylic acids is 1. The molecule has 6 nitrogen and oxygen atoms in total. The van der Waals surface area contributed by atoms with Gasteiger partial charge in [-0.25, -0.2) is 10.0 Å². The van der Waals surface area contributed by atoms with Crippen LogP contribution >= 0.6 is 15.9 Å². The zero-order valence-corrected chi connectivity index (χ0v) is 15.7. The third-order valence-corrected chi connectivity index (χ3v) is 5.73. The molecule has 0 spiro atoms. The Kier molecular flexibility index (Phi) is 3.46. The Bertz CT molecular complexity index is 1060. The molecule has 1 unspecified atom stereocenters. The first-order valence-electron chi connectivity index (χ1n) is 8.57. The van der Waals surface area contributed by atoms with Crippen LogP contribution in [-0.2, 0) is 11.8 Å². The maximum Gasteiger partial charge on any atom is 0.164 e. The number of rotatable bonds is 3. The van der Waals surface area contributed by atoms with E-state index in [2.05, 4.69) is 21.0 Å². The lowest BCUT2D eigenvalue weighted by molar-refractivity contribution is -0.108. The van der Waals surface area contributed by atoms with Gasteiger partial charge in [-0.3, -0.25) is 4.68 Å². The van der Waals surface area contributed by atoms with Gasteiger partial charge in [-0.2, -0.15) is 10.2 Å². The summed E-state index contributed by atoms with van der Waals surface area (Å²) in [6.45, 7) is 0. The molecule has 3 aliphatic rings. The van der Waals surface area contributed by atoms with E-state index in [0.717, 1.165) is 32.9 Å². The van der Waals surface area contributed by atoms with Crippen molar-refractivity contribution < 1.29 is 4.79 Å². The summed E-state index contributed by atoms with van der Waals surface area (Å²) in [5, 5.41) is 11.9. The predicted octanol–water partition coefficient (Wildman–Crippen LogP) is 3.35. The van der Waals surface area contributed by atoms with Gasteiger partial charge in [-0.15, -0.1) is 0 Å². The molecule has 0 amide bonds. The number of hydrazone groups is 1. The van der Waals surface area contributed by atoms with Gasteiger partial charge in [0.25, 0.3) is 0 Å². The summed E-state index contributed by atoms with van der Waals surface area (Å²) in [5.41, 5.74) is 3.61. The molecule has 26 heavy (non-hydrogen) atoms. The standard InChI is InChI=1S/C19H16BrN5O/c1-24-9-13-8-12(4-5-16(13)22-24)18-14(10-26)17(20)19-21-15(11-2-3-11)6-7-25(19)23-18/h4-11,14H,2-3H2,1H3. The highest BCUT2D eigenvalue weighted by atomic mass is 79.9. The lowest BCUT2D eigenvalue weighted by atomic mass is 9.95. The molecule has 0 saturated heterocycles. The number of halogens is 1. The fourth-order valence-electron chi connectivity index (χ4n) is 3.39. The molecular weight excluding hydrogens is 394 g/mol. The third-order valence-electron chi connectivity index (χ3n) is 4.88. The Balaban J connectivity index is 1.59. The number of aryl methyl sites for hydroxylation is 1. The summed E-state index contributed by atoms with van der Waals surface area (Å²) < 4.78 is 2.54. The number of aromatic nitrogens is 2. The SMILES string of the molecule is Cn1cc2cc(C3=NN4C=CC(C5CC5)=NC4=C(Br)C3C=O)ccc2n1. The van der Waals surface area contributed by atoms with Crippen LogP contribution in [0.4, 0.5) is 0 Å². The van der Waals surface area contributed by atoms with Gasteiger partial charge < -0.3 is 4.79 Å². The van der Waals surface area contributed by atoms with Crippen LogP contribution in [0.1, 0.15) is 18.4 Å². The molecule has 5 rings (SSSR count). The van der Waals surface area contributed by atoms with Crippen molar-refractivity contribution in [3.63, 3.8) is 0 Å². The lowest BCUT2D eigenvalue weighted by Gasteiger charge is -2.29. The summed E-state index contributed by atoms with van der Waals surface area (Å²) in [6, 6.07) is 5.94. The second kappa shape index (κ2) is 5.74. The summed E-state index contributed by atoms with van der Waals surface area (Å²) >= 11 is 3.61. The summed E-state index contributed by atoms with van der Waals surface area (Å²) in [4.78, 5) is 16.6. The molecule has 0 radical (unpaired) electrons. The van der Waals surface area contributed by atoms with Crippen molar-refractivity contribution in [1.29, 1.82) is 0 Å². The van der Waals surface area contributed by atoms with Crippen LogP contribution in [0, 0.1) is 11.8 Å². The molecule has 1 aromatic carbocycles. The van der Waals surface area contributed by atoms with Gasteiger partial charge in [0.15, 0.2) is 5.82 Å². The van der Waals surface area contributed by atoms with Crippen molar-refractivity contribution in [2.24, 2.45) is 29.0 Å². The molecule has 0 bridgehead atoms. The average Bonchev–Trinajstić information content (AvgIpc) is 3.42. The van der Waals surface area contributed by atoms with Crippen molar-refractivity contribution in [3.05, 3.63) is 52.5 Å². The highest BCUT2D eigenvalue weighted by Gasteiger charge is 2.34. The van der Waals surface area contributed by atoms with E-state index in [1.807, 2.05) is 43.7 Å². The second-order valence-electron chi connectivity index (χ2n) is 6.82. The van der Waals surface area contributed by atoms with Gasteiger partial charge in [0, 0.05) is 36.5 Å². The molecule has 1 aliphatic carbocycles.